The molecule has 3 heteroatoms. The maximum atomic E-state index is 8.89. The highest BCUT2D eigenvalue weighted by Crippen LogP contribution is 2.42. The molecule has 1 aromatic heterocycles. The first kappa shape index (κ1) is 8.75. The van der Waals surface area contributed by atoms with Crippen molar-refractivity contribution >= 4 is 0 Å². The summed E-state index contributed by atoms with van der Waals surface area (Å²) in [5.41, 5.74) is 3.78. The molecule has 13 heavy (non-hydrogen) atoms. The molecule has 1 aliphatic carbocycles. The van der Waals surface area contributed by atoms with Gasteiger partial charge in [-0.2, -0.15) is 5.10 Å². The Hall–Kier alpha value is -0.830. The van der Waals surface area contributed by atoms with Crippen molar-refractivity contribution in [3.63, 3.8) is 0 Å². The summed E-state index contributed by atoms with van der Waals surface area (Å²) in [5.74, 6) is 0.716. The summed E-state index contributed by atoms with van der Waals surface area (Å²) in [5, 5.41) is 13.3. The van der Waals surface area contributed by atoms with Crippen molar-refractivity contribution in [3.8, 4) is 0 Å². The average molecular weight is 180 g/mol. The fraction of sp³-hybridized carbons (Fsp3) is 0.700. The van der Waals surface area contributed by atoms with Crippen molar-refractivity contribution in [2.45, 2.75) is 39.2 Å². The maximum absolute atomic E-state index is 8.89. The summed E-state index contributed by atoms with van der Waals surface area (Å²) in [6, 6.07) is 0. The Morgan fingerprint density at radius 2 is 2.15 bits per heavy atom. The van der Waals surface area contributed by atoms with E-state index in [1.165, 1.54) is 24.1 Å². The SMILES string of the molecule is Cc1nn(CCO)c(C2CC2)c1C. The van der Waals surface area contributed by atoms with E-state index in [1.54, 1.807) is 0 Å². The average Bonchev–Trinajstić information content (AvgIpc) is 2.85. The van der Waals surface area contributed by atoms with Gasteiger partial charge in [0.05, 0.1) is 18.8 Å². The Kier molecular flexibility index (Phi) is 2.12. The lowest BCUT2D eigenvalue weighted by Crippen LogP contribution is -2.07. The summed E-state index contributed by atoms with van der Waals surface area (Å²) < 4.78 is 1.97. The highest BCUT2D eigenvalue weighted by molar-refractivity contribution is 5.29. The fourth-order valence-electron chi connectivity index (χ4n) is 1.83. The molecule has 0 aromatic carbocycles. The van der Waals surface area contributed by atoms with Crippen LogP contribution >= 0.6 is 0 Å². The van der Waals surface area contributed by atoms with E-state index in [0.717, 1.165) is 5.69 Å². The van der Waals surface area contributed by atoms with Crippen LogP contribution in [-0.2, 0) is 6.54 Å². The minimum atomic E-state index is 0.181. The lowest BCUT2D eigenvalue weighted by molar-refractivity contribution is 0.267. The van der Waals surface area contributed by atoms with Gasteiger partial charge in [0.1, 0.15) is 0 Å². The molecule has 0 amide bonds. The van der Waals surface area contributed by atoms with E-state index in [0.29, 0.717) is 12.5 Å². The van der Waals surface area contributed by atoms with Gasteiger partial charge in [-0.25, -0.2) is 0 Å². The van der Waals surface area contributed by atoms with Gasteiger partial charge in [-0.3, -0.25) is 4.68 Å². The van der Waals surface area contributed by atoms with Gasteiger partial charge < -0.3 is 5.11 Å². The Balaban J connectivity index is 2.36. The lowest BCUT2D eigenvalue weighted by Gasteiger charge is -2.04. The van der Waals surface area contributed by atoms with Crippen LogP contribution in [0.4, 0.5) is 0 Å². The van der Waals surface area contributed by atoms with Crippen molar-refractivity contribution in [1.29, 1.82) is 0 Å². The Labute approximate surface area is 78.4 Å². The molecule has 0 bridgehead atoms. The zero-order chi connectivity index (χ0) is 9.42. The third kappa shape index (κ3) is 1.48. The largest absolute Gasteiger partial charge is 0.394 e. The van der Waals surface area contributed by atoms with Crippen molar-refractivity contribution in [3.05, 3.63) is 17.0 Å². The van der Waals surface area contributed by atoms with Gasteiger partial charge >= 0.3 is 0 Å². The molecule has 3 nitrogen and oxygen atoms in total. The molecule has 1 saturated carbocycles. The minimum absolute atomic E-state index is 0.181. The fourth-order valence-corrected chi connectivity index (χ4v) is 1.83. The van der Waals surface area contributed by atoms with E-state index < -0.39 is 0 Å². The van der Waals surface area contributed by atoms with Gasteiger partial charge in [0, 0.05) is 11.6 Å². The van der Waals surface area contributed by atoms with Crippen LogP contribution in [0.25, 0.3) is 0 Å². The number of aromatic nitrogens is 2. The molecule has 1 N–H and O–H groups in total. The summed E-state index contributed by atoms with van der Waals surface area (Å²) in [7, 11) is 0. The van der Waals surface area contributed by atoms with Gasteiger partial charge in [-0.15, -0.1) is 0 Å². The van der Waals surface area contributed by atoms with Crippen LogP contribution in [0.5, 0.6) is 0 Å². The minimum Gasteiger partial charge on any atom is -0.394 e. The van der Waals surface area contributed by atoms with Gasteiger partial charge in [-0.1, -0.05) is 0 Å². The molecule has 0 saturated heterocycles. The summed E-state index contributed by atoms with van der Waals surface area (Å²) >= 11 is 0. The van der Waals surface area contributed by atoms with Crippen LogP contribution in [0.1, 0.15) is 35.7 Å². The second-order valence-corrected chi connectivity index (χ2v) is 3.82. The van der Waals surface area contributed by atoms with Crippen LogP contribution in [0, 0.1) is 13.8 Å². The van der Waals surface area contributed by atoms with E-state index in [1.807, 2.05) is 11.6 Å². The third-order valence-corrected chi connectivity index (χ3v) is 2.75. The maximum Gasteiger partial charge on any atom is 0.0644 e. The number of rotatable bonds is 3. The molecule has 2 rings (SSSR count). The van der Waals surface area contributed by atoms with Crippen LogP contribution in [-0.4, -0.2) is 21.5 Å². The van der Waals surface area contributed by atoms with Crippen LogP contribution in [0.15, 0.2) is 0 Å². The number of nitrogens with zero attached hydrogens (tertiary/aromatic N) is 2. The van der Waals surface area contributed by atoms with Crippen LogP contribution in [0.2, 0.25) is 0 Å². The highest BCUT2D eigenvalue weighted by atomic mass is 16.3. The number of aryl methyl sites for hydroxylation is 1. The lowest BCUT2D eigenvalue weighted by atomic mass is 10.1. The van der Waals surface area contributed by atoms with E-state index in [-0.39, 0.29) is 6.61 Å². The first-order chi connectivity index (χ1) is 6.24. The van der Waals surface area contributed by atoms with Gasteiger partial charge in [0.2, 0.25) is 0 Å². The molecule has 1 heterocycles. The van der Waals surface area contributed by atoms with E-state index in [9.17, 15) is 0 Å². The molecule has 1 aromatic rings. The highest BCUT2D eigenvalue weighted by Gasteiger charge is 2.29. The summed E-state index contributed by atoms with van der Waals surface area (Å²) in [6.07, 6.45) is 2.58. The van der Waals surface area contributed by atoms with Crippen LogP contribution < -0.4 is 0 Å². The quantitative estimate of drug-likeness (QED) is 0.763. The van der Waals surface area contributed by atoms with E-state index in [4.69, 9.17) is 5.11 Å². The Morgan fingerprint density at radius 3 is 2.69 bits per heavy atom. The monoisotopic (exact) mass is 180 g/mol. The van der Waals surface area contributed by atoms with Gasteiger partial charge in [0.25, 0.3) is 0 Å². The molecule has 0 unspecified atom stereocenters. The van der Waals surface area contributed by atoms with Gasteiger partial charge in [-0.05, 0) is 32.3 Å². The zero-order valence-electron chi connectivity index (χ0n) is 8.25. The van der Waals surface area contributed by atoms with E-state index in [2.05, 4.69) is 12.0 Å². The first-order valence-corrected chi connectivity index (χ1v) is 4.88. The second-order valence-electron chi connectivity index (χ2n) is 3.82. The molecule has 1 aliphatic rings. The molecule has 0 aliphatic heterocycles. The summed E-state index contributed by atoms with van der Waals surface area (Å²) in [6.45, 7) is 4.99. The molecule has 0 atom stereocenters. The Morgan fingerprint density at radius 1 is 1.46 bits per heavy atom. The van der Waals surface area contributed by atoms with Crippen molar-refractivity contribution in [1.82, 2.24) is 9.78 Å². The predicted octanol–water partition coefficient (Wildman–Crippen LogP) is 1.37. The zero-order valence-corrected chi connectivity index (χ0v) is 8.25. The number of hydrogen-bond acceptors (Lipinski definition) is 2. The summed E-state index contributed by atoms with van der Waals surface area (Å²) in [4.78, 5) is 0. The predicted molar refractivity (Wildman–Crippen MR) is 50.8 cm³/mol. The third-order valence-electron chi connectivity index (χ3n) is 2.75. The topological polar surface area (TPSA) is 38.0 Å². The van der Waals surface area contributed by atoms with E-state index >= 15 is 0 Å². The first-order valence-electron chi connectivity index (χ1n) is 4.88. The Bertz CT molecular complexity index is 313. The molecule has 1 fully saturated rings. The molecular weight excluding hydrogens is 164 g/mol. The molecule has 0 radical (unpaired) electrons. The molecule has 72 valence electrons. The van der Waals surface area contributed by atoms with Crippen LogP contribution in [0.3, 0.4) is 0 Å². The smallest absolute Gasteiger partial charge is 0.0644 e. The second kappa shape index (κ2) is 3.14. The van der Waals surface area contributed by atoms with Crippen molar-refractivity contribution in [2.75, 3.05) is 6.61 Å². The molecule has 0 spiro atoms. The molecular formula is C10H16N2O. The van der Waals surface area contributed by atoms with Crippen molar-refractivity contribution < 1.29 is 5.11 Å². The standard InChI is InChI=1S/C10H16N2O/c1-7-8(2)11-12(5-6-13)10(7)9-3-4-9/h9,13H,3-6H2,1-2H3. The normalized spacial score (nSPS) is 16.5. The van der Waals surface area contributed by atoms with Crippen molar-refractivity contribution in [2.24, 2.45) is 0 Å². The number of aliphatic hydroxyl groups is 1. The van der Waals surface area contributed by atoms with Gasteiger partial charge in [0.15, 0.2) is 0 Å². The number of aliphatic hydroxyl groups excluding tert-OH is 1. The number of hydrogen-bond donors (Lipinski definition) is 1.